The molecule has 0 fully saturated rings. The van der Waals surface area contributed by atoms with Crippen molar-refractivity contribution in [2.45, 2.75) is 13.0 Å². The van der Waals surface area contributed by atoms with Gasteiger partial charge >= 0.3 is 0 Å². The molecular weight excluding hydrogens is 427 g/mol. The summed E-state index contributed by atoms with van der Waals surface area (Å²) in [6.45, 7) is 0.305. The molecule has 2 aromatic carbocycles. The maximum Gasteiger partial charge on any atom is 0.255 e. The van der Waals surface area contributed by atoms with Gasteiger partial charge in [-0.3, -0.25) is 14.6 Å². The molecule has 0 unspecified atom stereocenters. The lowest BCUT2D eigenvalue weighted by Gasteiger charge is -2.09. The highest BCUT2D eigenvalue weighted by Gasteiger charge is 2.11. The molecule has 8 heteroatoms. The fourth-order valence-electron chi connectivity index (χ4n) is 3.01. The summed E-state index contributed by atoms with van der Waals surface area (Å²) in [6, 6.07) is 18.2. The summed E-state index contributed by atoms with van der Waals surface area (Å²) in [4.78, 5) is 33.4. The van der Waals surface area contributed by atoms with Gasteiger partial charge in [-0.2, -0.15) is 0 Å². The van der Waals surface area contributed by atoms with Gasteiger partial charge < -0.3 is 10.6 Å². The van der Waals surface area contributed by atoms with Crippen LogP contribution in [0.15, 0.2) is 78.3 Å². The first-order valence-corrected chi connectivity index (χ1v) is 10.7. The van der Waals surface area contributed by atoms with Crippen molar-refractivity contribution in [3.05, 3.63) is 101 Å². The summed E-state index contributed by atoms with van der Waals surface area (Å²) < 4.78 is 13.3. The number of pyridine rings is 1. The molecule has 0 bridgehead atoms. The molecule has 6 nitrogen and oxygen atoms in total. The number of carbonyl (C=O) groups excluding carboxylic acids is 2. The number of carbonyl (C=O) groups is 2. The first kappa shape index (κ1) is 21.3. The van der Waals surface area contributed by atoms with Crippen LogP contribution in [0, 0.1) is 5.82 Å². The standard InChI is InChI=1S/C24H19FN4O2S/c25-18-7-4-6-17(12-18)23(31)28-19-8-3-5-16(11-19)14-27-22(30)13-20-15-32-24(29-20)21-9-1-2-10-26-21/h1-12,15H,13-14H2,(H,27,30)(H,28,31). The number of nitrogens with zero attached hydrogens (tertiary/aromatic N) is 2. The van der Waals surface area contributed by atoms with Gasteiger partial charge in [0.05, 0.1) is 17.8 Å². The van der Waals surface area contributed by atoms with E-state index in [1.165, 1.54) is 29.5 Å². The van der Waals surface area contributed by atoms with E-state index in [1.807, 2.05) is 29.6 Å². The first-order valence-electron chi connectivity index (χ1n) is 9.85. The summed E-state index contributed by atoms with van der Waals surface area (Å²) in [7, 11) is 0. The Morgan fingerprint density at radius 3 is 2.69 bits per heavy atom. The lowest BCUT2D eigenvalue weighted by atomic mass is 10.1. The van der Waals surface area contributed by atoms with Crippen LogP contribution in [0.2, 0.25) is 0 Å². The molecule has 0 aliphatic carbocycles. The van der Waals surface area contributed by atoms with E-state index >= 15 is 0 Å². The van der Waals surface area contributed by atoms with Crippen molar-refractivity contribution in [3.63, 3.8) is 0 Å². The van der Waals surface area contributed by atoms with Crippen molar-refractivity contribution < 1.29 is 14.0 Å². The molecule has 0 saturated carbocycles. The Balaban J connectivity index is 1.32. The minimum atomic E-state index is -0.471. The Morgan fingerprint density at radius 2 is 1.88 bits per heavy atom. The largest absolute Gasteiger partial charge is 0.352 e. The van der Waals surface area contributed by atoms with Crippen molar-refractivity contribution in [1.82, 2.24) is 15.3 Å². The van der Waals surface area contributed by atoms with E-state index < -0.39 is 11.7 Å². The third kappa shape index (κ3) is 5.61. The van der Waals surface area contributed by atoms with Gasteiger partial charge in [0.1, 0.15) is 10.8 Å². The average Bonchev–Trinajstić information content (AvgIpc) is 3.27. The van der Waals surface area contributed by atoms with Crippen LogP contribution < -0.4 is 10.6 Å². The number of amides is 2. The van der Waals surface area contributed by atoms with E-state index in [1.54, 1.807) is 30.5 Å². The minimum absolute atomic E-state index is 0.155. The summed E-state index contributed by atoms with van der Waals surface area (Å²) in [6.07, 6.45) is 1.87. The van der Waals surface area contributed by atoms with Crippen molar-refractivity contribution in [2.24, 2.45) is 0 Å². The quantitative estimate of drug-likeness (QED) is 0.439. The molecule has 0 spiro atoms. The number of rotatable bonds is 7. The van der Waals surface area contributed by atoms with Crippen LogP contribution >= 0.6 is 11.3 Å². The molecule has 0 saturated heterocycles. The Kier molecular flexibility index (Phi) is 6.62. The smallest absolute Gasteiger partial charge is 0.255 e. The van der Waals surface area contributed by atoms with Crippen LogP contribution in [0.5, 0.6) is 0 Å². The average molecular weight is 447 g/mol. The number of anilines is 1. The molecule has 0 radical (unpaired) electrons. The Morgan fingerprint density at radius 1 is 1.00 bits per heavy atom. The van der Waals surface area contributed by atoms with Crippen LogP contribution in [0.25, 0.3) is 10.7 Å². The highest BCUT2D eigenvalue weighted by molar-refractivity contribution is 7.13. The van der Waals surface area contributed by atoms with Gasteiger partial charge in [0, 0.05) is 29.4 Å². The number of aromatic nitrogens is 2. The van der Waals surface area contributed by atoms with Crippen molar-refractivity contribution >= 4 is 28.8 Å². The topological polar surface area (TPSA) is 84.0 Å². The molecule has 2 amide bonds. The van der Waals surface area contributed by atoms with Crippen molar-refractivity contribution in [2.75, 3.05) is 5.32 Å². The molecule has 32 heavy (non-hydrogen) atoms. The highest BCUT2D eigenvalue weighted by atomic mass is 32.1. The van der Waals surface area contributed by atoms with Crippen molar-refractivity contribution in [1.29, 1.82) is 0 Å². The number of benzene rings is 2. The van der Waals surface area contributed by atoms with Crippen LogP contribution in [-0.2, 0) is 17.8 Å². The van der Waals surface area contributed by atoms with E-state index in [2.05, 4.69) is 20.6 Å². The molecule has 4 rings (SSSR count). The normalized spacial score (nSPS) is 10.5. The van der Waals surface area contributed by atoms with Gasteiger partial charge in [-0.15, -0.1) is 11.3 Å². The second kappa shape index (κ2) is 9.93. The zero-order valence-electron chi connectivity index (χ0n) is 16.9. The maximum atomic E-state index is 13.3. The van der Waals surface area contributed by atoms with E-state index in [-0.39, 0.29) is 17.9 Å². The van der Waals surface area contributed by atoms with Gasteiger partial charge in [-0.25, -0.2) is 9.37 Å². The second-order valence-corrected chi connectivity index (χ2v) is 7.84. The summed E-state index contributed by atoms with van der Waals surface area (Å²) in [5, 5.41) is 8.23. The predicted molar refractivity (Wildman–Crippen MR) is 122 cm³/mol. The molecular formula is C24H19FN4O2S. The Labute approximate surface area is 188 Å². The molecule has 4 aromatic rings. The summed E-state index contributed by atoms with van der Waals surface area (Å²) in [5.41, 5.74) is 3.08. The number of hydrogen-bond acceptors (Lipinski definition) is 5. The second-order valence-electron chi connectivity index (χ2n) is 6.98. The fourth-order valence-corrected chi connectivity index (χ4v) is 3.81. The summed E-state index contributed by atoms with van der Waals surface area (Å²) >= 11 is 1.45. The van der Waals surface area contributed by atoms with E-state index in [0.717, 1.165) is 16.3 Å². The molecule has 2 N–H and O–H groups in total. The molecule has 2 heterocycles. The highest BCUT2D eigenvalue weighted by Crippen LogP contribution is 2.21. The molecule has 0 aliphatic heterocycles. The third-order valence-electron chi connectivity index (χ3n) is 4.54. The Hall–Kier alpha value is -3.91. The maximum absolute atomic E-state index is 13.3. The van der Waals surface area contributed by atoms with E-state index in [9.17, 15) is 14.0 Å². The van der Waals surface area contributed by atoms with E-state index in [0.29, 0.717) is 17.9 Å². The molecule has 2 aromatic heterocycles. The van der Waals surface area contributed by atoms with Crippen LogP contribution in [-0.4, -0.2) is 21.8 Å². The van der Waals surface area contributed by atoms with Crippen LogP contribution in [0.4, 0.5) is 10.1 Å². The number of nitrogens with one attached hydrogen (secondary N) is 2. The molecule has 0 atom stereocenters. The monoisotopic (exact) mass is 446 g/mol. The SMILES string of the molecule is O=C(Cc1csc(-c2ccccn2)n1)NCc1cccc(NC(=O)c2cccc(F)c2)c1. The zero-order valence-corrected chi connectivity index (χ0v) is 17.7. The van der Waals surface area contributed by atoms with Gasteiger partial charge in [0.15, 0.2) is 0 Å². The van der Waals surface area contributed by atoms with Crippen molar-refractivity contribution in [3.8, 4) is 10.7 Å². The van der Waals surface area contributed by atoms with Crippen LogP contribution in [0.3, 0.4) is 0 Å². The molecule has 160 valence electrons. The van der Waals surface area contributed by atoms with Gasteiger partial charge in [0.2, 0.25) is 5.91 Å². The minimum Gasteiger partial charge on any atom is -0.352 e. The number of halogens is 1. The predicted octanol–water partition coefficient (Wildman–Crippen LogP) is 4.46. The molecule has 0 aliphatic rings. The number of thiazole rings is 1. The lowest BCUT2D eigenvalue weighted by molar-refractivity contribution is -0.120. The first-order chi connectivity index (χ1) is 15.6. The van der Waals surface area contributed by atoms with Gasteiger partial charge in [-0.1, -0.05) is 24.3 Å². The summed E-state index contributed by atoms with van der Waals surface area (Å²) in [5.74, 6) is -1.03. The van der Waals surface area contributed by atoms with Gasteiger partial charge in [0.25, 0.3) is 5.91 Å². The van der Waals surface area contributed by atoms with Gasteiger partial charge in [-0.05, 0) is 48.0 Å². The zero-order chi connectivity index (χ0) is 22.3. The van der Waals surface area contributed by atoms with E-state index in [4.69, 9.17) is 0 Å². The number of hydrogen-bond donors (Lipinski definition) is 2. The third-order valence-corrected chi connectivity index (χ3v) is 5.45. The Bertz CT molecular complexity index is 1240. The fraction of sp³-hybridized carbons (Fsp3) is 0.0833. The lowest BCUT2D eigenvalue weighted by Crippen LogP contribution is -2.24. The van der Waals surface area contributed by atoms with Crippen LogP contribution in [0.1, 0.15) is 21.6 Å².